The lowest BCUT2D eigenvalue weighted by Gasteiger charge is -2.34. The van der Waals surface area contributed by atoms with E-state index in [1.54, 1.807) is 17.9 Å². The van der Waals surface area contributed by atoms with Crippen molar-refractivity contribution in [2.24, 2.45) is 0 Å². The van der Waals surface area contributed by atoms with Gasteiger partial charge in [0.15, 0.2) is 0 Å². The number of carbonyl (C=O) groups is 1. The molecule has 0 aromatic heterocycles. The van der Waals surface area contributed by atoms with Gasteiger partial charge in [-0.05, 0) is 25.3 Å². The summed E-state index contributed by atoms with van der Waals surface area (Å²) in [6.07, 6.45) is 5.49. The minimum atomic E-state index is -0.482. The van der Waals surface area contributed by atoms with Gasteiger partial charge in [0.25, 0.3) is 5.69 Å². The van der Waals surface area contributed by atoms with Crippen LogP contribution in [-0.2, 0) is 0 Å². The molecule has 0 unspecified atom stereocenters. The Kier molecular flexibility index (Phi) is 6.13. The number of carbonyl (C=O) groups excluding carboxylic acids is 1. The Labute approximate surface area is 141 Å². The largest absolute Gasteiger partial charge is 0.322 e. The summed E-state index contributed by atoms with van der Waals surface area (Å²) in [5.41, 5.74) is 1.14. The Balaban J connectivity index is 2.16. The number of hydrogen-bond donors (Lipinski definition) is 1. The van der Waals surface area contributed by atoms with Gasteiger partial charge < -0.3 is 10.2 Å². The van der Waals surface area contributed by atoms with Gasteiger partial charge in [-0.3, -0.25) is 10.1 Å². The molecule has 0 bridgehead atoms. The summed E-state index contributed by atoms with van der Waals surface area (Å²) in [6.45, 7) is 2.17. The van der Waals surface area contributed by atoms with E-state index in [1.807, 2.05) is 0 Å². The molecule has 1 fully saturated rings. The van der Waals surface area contributed by atoms with Crippen LogP contribution in [0.25, 0.3) is 0 Å². The fourth-order valence-electron chi connectivity index (χ4n) is 3.06. The van der Waals surface area contributed by atoms with Crippen molar-refractivity contribution in [3.05, 3.63) is 33.9 Å². The summed E-state index contributed by atoms with van der Waals surface area (Å²) in [4.78, 5) is 24.8. The number of aryl methyl sites for hydroxylation is 1. The predicted molar refractivity (Wildman–Crippen MR) is 90.7 cm³/mol. The maximum atomic E-state index is 12.7. The first-order valence-corrected chi connectivity index (χ1v) is 8.22. The highest BCUT2D eigenvalue weighted by atomic mass is 16.6. The van der Waals surface area contributed by atoms with Crippen molar-refractivity contribution in [1.82, 2.24) is 4.90 Å². The number of hydrogen-bond acceptors (Lipinski definition) is 4. The van der Waals surface area contributed by atoms with E-state index in [0.717, 1.165) is 31.2 Å². The van der Waals surface area contributed by atoms with Crippen LogP contribution in [0, 0.1) is 28.4 Å². The van der Waals surface area contributed by atoms with Gasteiger partial charge in [-0.2, -0.15) is 5.26 Å². The topological polar surface area (TPSA) is 99.3 Å². The van der Waals surface area contributed by atoms with Crippen molar-refractivity contribution in [2.75, 3.05) is 11.9 Å². The molecule has 1 N–H and O–H groups in total. The highest BCUT2D eigenvalue weighted by Crippen LogP contribution is 2.25. The minimum Gasteiger partial charge on any atom is -0.321 e. The summed E-state index contributed by atoms with van der Waals surface area (Å²) in [5, 5.41) is 22.5. The monoisotopic (exact) mass is 330 g/mol. The Morgan fingerprint density at radius 3 is 2.75 bits per heavy atom. The number of urea groups is 1. The average molecular weight is 330 g/mol. The van der Waals surface area contributed by atoms with Crippen LogP contribution >= 0.6 is 0 Å². The molecular formula is C17H22N4O3. The second-order valence-electron chi connectivity index (χ2n) is 6.08. The number of non-ortho nitro benzene ring substituents is 1. The number of amides is 2. The Bertz CT molecular complexity index is 648. The number of nitrogens with zero attached hydrogens (tertiary/aromatic N) is 3. The Hall–Kier alpha value is -2.62. The van der Waals surface area contributed by atoms with Crippen LogP contribution in [0.5, 0.6) is 0 Å². The average Bonchev–Trinajstić information content (AvgIpc) is 2.58. The summed E-state index contributed by atoms with van der Waals surface area (Å²) in [7, 11) is 0. The lowest BCUT2D eigenvalue weighted by molar-refractivity contribution is -0.384. The van der Waals surface area contributed by atoms with Gasteiger partial charge in [0, 0.05) is 24.7 Å². The van der Waals surface area contributed by atoms with Crippen LogP contribution in [0.15, 0.2) is 18.2 Å². The number of nitro groups is 1. The van der Waals surface area contributed by atoms with Crippen LogP contribution < -0.4 is 5.32 Å². The normalized spacial score (nSPS) is 14.7. The zero-order chi connectivity index (χ0) is 17.5. The van der Waals surface area contributed by atoms with Crippen molar-refractivity contribution >= 4 is 17.4 Å². The Morgan fingerprint density at radius 1 is 1.42 bits per heavy atom. The minimum absolute atomic E-state index is 0.0582. The highest BCUT2D eigenvalue weighted by molar-refractivity contribution is 5.90. The molecule has 1 aromatic carbocycles. The molecule has 24 heavy (non-hydrogen) atoms. The lowest BCUT2D eigenvalue weighted by atomic mass is 9.94. The van der Waals surface area contributed by atoms with E-state index in [4.69, 9.17) is 5.26 Å². The zero-order valence-electron chi connectivity index (χ0n) is 13.8. The van der Waals surface area contributed by atoms with Crippen LogP contribution in [0.2, 0.25) is 0 Å². The Morgan fingerprint density at radius 2 is 2.12 bits per heavy atom. The molecule has 0 aliphatic heterocycles. The number of rotatable bonds is 5. The van der Waals surface area contributed by atoms with Crippen LogP contribution in [0.1, 0.15) is 44.1 Å². The second kappa shape index (κ2) is 8.29. The molecule has 1 aliphatic carbocycles. The first kappa shape index (κ1) is 17.7. The maximum Gasteiger partial charge on any atom is 0.322 e. The van der Waals surface area contributed by atoms with E-state index in [0.29, 0.717) is 12.2 Å². The number of nitriles is 1. The van der Waals surface area contributed by atoms with E-state index in [-0.39, 0.29) is 24.2 Å². The van der Waals surface area contributed by atoms with Gasteiger partial charge >= 0.3 is 6.03 Å². The van der Waals surface area contributed by atoms with E-state index in [1.165, 1.54) is 18.6 Å². The predicted octanol–water partition coefficient (Wildman–Crippen LogP) is 3.98. The molecule has 1 saturated carbocycles. The third-order valence-electron chi connectivity index (χ3n) is 4.41. The van der Waals surface area contributed by atoms with E-state index < -0.39 is 4.92 Å². The van der Waals surface area contributed by atoms with Crippen molar-refractivity contribution in [3.63, 3.8) is 0 Å². The maximum absolute atomic E-state index is 12.7. The molecule has 0 spiro atoms. The molecule has 128 valence electrons. The molecule has 7 heteroatoms. The molecule has 1 aromatic rings. The quantitative estimate of drug-likeness (QED) is 0.652. The number of nitrogens with one attached hydrogen (secondary N) is 1. The van der Waals surface area contributed by atoms with Gasteiger partial charge in [-0.1, -0.05) is 25.3 Å². The van der Waals surface area contributed by atoms with Crippen LogP contribution in [0.4, 0.5) is 16.2 Å². The van der Waals surface area contributed by atoms with Gasteiger partial charge in [-0.15, -0.1) is 0 Å². The zero-order valence-corrected chi connectivity index (χ0v) is 13.8. The van der Waals surface area contributed by atoms with Gasteiger partial charge in [0.05, 0.1) is 23.1 Å². The molecule has 1 aliphatic rings. The van der Waals surface area contributed by atoms with Gasteiger partial charge in [0.1, 0.15) is 0 Å². The summed E-state index contributed by atoms with van der Waals surface area (Å²) in [5.74, 6) is 0. The van der Waals surface area contributed by atoms with Crippen LogP contribution in [0.3, 0.4) is 0 Å². The smallest absolute Gasteiger partial charge is 0.321 e. The molecule has 0 saturated heterocycles. The summed E-state index contributed by atoms with van der Waals surface area (Å²) < 4.78 is 0. The summed E-state index contributed by atoms with van der Waals surface area (Å²) >= 11 is 0. The van der Waals surface area contributed by atoms with Gasteiger partial charge in [-0.25, -0.2) is 4.79 Å². The van der Waals surface area contributed by atoms with Gasteiger partial charge in [0.2, 0.25) is 0 Å². The van der Waals surface area contributed by atoms with E-state index in [2.05, 4.69) is 11.4 Å². The van der Waals surface area contributed by atoms with Crippen molar-refractivity contribution < 1.29 is 9.72 Å². The SMILES string of the molecule is Cc1ccc([N+](=O)[O-])cc1NC(=O)N(CCC#N)C1CCCCC1. The number of benzene rings is 1. The fourth-order valence-corrected chi connectivity index (χ4v) is 3.06. The summed E-state index contributed by atoms with van der Waals surface area (Å²) in [6, 6.07) is 6.33. The molecule has 2 amide bonds. The highest BCUT2D eigenvalue weighted by Gasteiger charge is 2.25. The molecule has 2 rings (SSSR count). The van der Waals surface area contributed by atoms with Crippen LogP contribution in [-0.4, -0.2) is 28.4 Å². The molecule has 0 radical (unpaired) electrons. The van der Waals surface area contributed by atoms with E-state index in [9.17, 15) is 14.9 Å². The first-order chi connectivity index (χ1) is 11.5. The van der Waals surface area contributed by atoms with E-state index >= 15 is 0 Å². The fraction of sp³-hybridized carbons (Fsp3) is 0.529. The molecular weight excluding hydrogens is 308 g/mol. The third kappa shape index (κ3) is 4.44. The lowest BCUT2D eigenvalue weighted by Crippen LogP contribution is -2.44. The van der Waals surface area contributed by atoms with Crippen molar-refractivity contribution in [3.8, 4) is 6.07 Å². The second-order valence-corrected chi connectivity index (χ2v) is 6.08. The standard InChI is InChI=1S/C17H22N4O3/c1-13-8-9-15(21(23)24)12-16(13)19-17(22)20(11-5-10-18)14-6-3-2-4-7-14/h8-9,12,14H,2-7,11H2,1H3,(H,19,22). The molecule has 0 heterocycles. The molecule has 7 nitrogen and oxygen atoms in total. The van der Waals surface area contributed by atoms with Crippen molar-refractivity contribution in [1.29, 1.82) is 5.26 Å². The number of anilines is 1. The molecule has 0 atom stereocenters. The third-order valence-corrected chi connectivity index (χ3v) is 4.41. The first-order valence-electron chi connectivity index (χ1n) is 8.22. The van der Waals surface area contributed by atoms with Crippen molar-refractivity contribution in [2.45, 2.75) is 51.5 Å². The number of nitro benzene ring substituents is 1.